The first-order valence-corrected chi connectivity index (χ1v) is 26.1. The van der Waals surface area contributed by atoms with Gasteiger partial charge >= 0.3 is 7.12 Å². The van der Waals surface area contributed by atoms with Crippen molar-refractivity contribution in [3.05, 3.63) is 225 Å². The van der Waals surface area contributed by atoms with Crippen LogP contribution in [0.15, 0.2) is 200 Å². The number of anilines is 1. The number of benzene rings is 8. The van der Waals surface area contributed by atoms with E-state index in [-0.39, 0.29) is 31.3 Å². The summed E-state index contributed by atoms with van der Waals surface area (Å²) in [5.41, 5.74) is 9.78. The molecule has 3 N–H and O–H groups in total. The van der Waals surface area contributed by atoms with Gasteiger partial charge in [-0.2, -0.15) is 0 Å². The van der Waals surface area contributed by atoms with Gasteiger partial charge in [0.25, 0.3) is 0 Å². The van der Waals surface area contributed by atoms with E-state index in [1.807, 2.05) is 134 Å². The van der Waals surface area contributed by atoms with Crippen molar-refractivity contribution in [2.45, 2.75) is 14.9 Å². The highest BCUT2D eigenvalue weighted by Gasteiger charge is 2.16. The number of amides is 1. The highest BCUT2D eigenvalue weighted by Crippen LogP contribution is 2.38. The van der Waals surface area contributed by atoms with Gasteiger partial charge in [-0.1, -0.05) is 169 Å². The Labute approximate surface area is 497 Å². The van der Waals surface area contributed by atoms with E-state index in [1.165, 1.54) is 6.08 Å². The van der Waals surface area contributed by atoms with Crippen molar-refractivity contribution in [2.24, 2.45) is 0 Å². The molecular formula is C61H50BBrCl5N7O5. The maximum atomic E-state index is 11.9. The number of hydrogen-bond acceptors (Lipinski definition) is 11. The SMILES string of the molecule is C.C.C=CC(=O)Nc1cccc(-c2cc(-c3ccccc3Cl)cc3cnc(-c4ccccc4)nc23)c1.COc1cc(-c2ccccc2Cl)cc2cnc(Cl)nc12.COc1cc(Br)cc2cnc(Cl)nc12.OB(O)c1ccccc1Cl. The van der Waals surface area contributed by atoms with E-state index >= 15 is 0 Å². The molecule has 11 rings (SSSR count). The predicted octanol–water partition coefficient (Wildman–Crippen LogP) is 16.4. The van der Waals surface area contributed by atoms with Crippen molar-refractivity contribution in [1.29, 1.82) is 0 Å². The fourth-order valence-electron chi connectivity index (χ4n) is 7.89. The van der Waals surface area contributed by atoms with Crippen molar-refractivity contribution in [2.75, 3.05) is 19.5 Å². The summed E-state index contributed by atoms with van der Waals surface area (Å²) in [7, 11) is 1.71. The molecule has 0 atom stereocenters. The van der Waals surface area contributed by atoms with Gasteiger partial charge in [-0.15, -0.1) is 0 Å². The van der Waals surface area contributed by atoms with E-state index in [4.69, 9.17) is 82.5 Å². The normalized spacial score (nSPS) is 10.3. The van der Waals surface area contributed by atoms with Crippen LogP contribution in [0.25, 0.3) is 77.5 Å². The van der Waals surface area contributed by atoms with Crippen molar-refractivity contribution >= 4 is 131 Å². The molecule has 19 heteroatoms. The number of carbonyl (C=O) groups excluding carboxylic acids is 1. The Morgan fingerprint density at radius 1 is 0.537 bits per heavy atom. The molecule has 0 saturated heterocycles. The number of aromatic nitrogens is 6. The van der Waals surface area contributed by atoms with Crippen molar-refractivity contribution < 1.29 is 24.3 Å². The van der Waals surface area contributed by atoms with Crippen LogP contribution >= 0.6 is 73.9 Å². The van der Waals surface area contributed by atoms with Crippen LogP contribution < -0.4 is 20.3 Å². The number of hydrogen-bond donors (Lipinski definition) is 3. The molecule has 0 unspecified atom stereocenters. The van der Waals surface area contributed by atoms with Crippen LogP contribution in [0.4, 0.5) is 5.69 Å². The number of nitrogens with zero attached hydrogens (tertiary/aromatic N) is 6. The van der Waals surface area contributed by atoms with Crippen LogP contribution in [0, 0.1) is 0 Å². The molecule has 80 heavy (non-hydrogen) atoms. The third-order valence-electron chi connectivity index (χ3n) is 11.5. The largest absolute Gasteiger partial charge is 0.494 e. The molecule has 0 aliphatic rings. The zero-order chi connectivity index (χ0) is 55.3. The van der Waals surface area contributed by atoms with Gasteiger partial charge in [0.1, 0.15) is 22.5 Å². The van der Waals surface area contributed by atoms with Crippen LogP contribution in [0.3, 0.4) is 0 Å². The topological polar surface area (TPSA) is 165 Å². The number of ether oxygens (including phenoxy) is 2. The first-order valence-electron chi connectivity index (χ1n) is 23.4. The second kappa shape index (κ2) is 29.1. The summed E-state index contributed by atoms with van der Waals surface area (Å²) in [4.78, 5) is 37.6. The number of fused-ring (bicyclic) bond motifs is 3. The fourth-order valence-corrected chi connectivity index (χ4v) is 9.34. The molecule has 0 fully saturated rings. The van der Waals surface area contributed by atoms with Gasteiger partial charge in [0.05, 0.1) is 19.7 Å². The molecule has 0 bridgehead atoms. The second-order valence-electron chi connectivity index (χ2n) is 16.6. The van der Waals surface area contributed by atoms with Gasteiger partial charge in [-0.25, -0.2) is 29.9 Å². The van der Waals surface area contributed by atoms with Crippen LogP contribution in [0.2, 0.25) is 25.6 Å². The number of halogens is 6. The number of methoxy groups -OCH3 is 2. The average molecular weight is 1230 g/mol. The Balaban J connectivity index is 0.000000190. The third kappa shape index (κ3) is 15.4. The Morgan fingerprint density at radius 2 is 1.04 bits per heavy atom. The second-order valence-corrected chi connectivity index (χ2v) is 19.4. The molecule has 0 saturated carbocycles. The van der Waals surface area contributed by atoms with E-state index in [0.717, 1.165) is 70.6 Å². The summed E-state index contributed by atoms with van der Waals surface area (Å²) < 4.78 is 11.5. The molecule has 12 nitrogen and oxygen atoms in total. The minimum atomic E-state index is -1.48. The molecule has 0 radical (unpaired) electrons. The lowest BCUT2D eigenvalue weighted by molar-refractivity contribution is -0.111. The van der Waals surface area contributed by atoms with Gasteiger partial charge in [0.2, 0.25) is 16.5 Å². The maximum absolute atomic E-state index is 11.9. The van der Waals surface area contributed by atoms with E-state index in [0.29, 0.717) is 49.1 Å². The quantitative estimate of drug-likeness (QED) is 0.0715. The zero-order valence-electron chi connectivity index (χ0n) is 41.3. The monoisotopic (exact) mass is 1230 g/mol. The maximum Gasteiger partial charge on any atom is 0.489 e. The fraction of sp³-hybridized carbons (Fsp3) is 0.0656. The van der Waals surface area contributed by atoms with E-state index in [2.05, 4.69) is 64.9 Å². The summed E-state index contributed by atoms with van der Waals surface area (Å²) in [5.74, 6) is 1.71. The number of nitrogens with one attached hydrogen (secondary N) is 1. The lowest BCUT2D eigenvalue weighted by atomic mass is 9.80. The van der Waals surface area contributed by atoms with Crippen LogP contribution in [-0.2, 0) is 4.79 Å². The summed E-state index contributed by atoms with van der Waals surface area (Å²) in [6.45, 7) is 3.53. The van der Waals surface area contributed by atoms with E-state index in [1.54, 1.807) is 50.9 Å². The third-order valence-corrected chi connectivity index (χ3v) is 13.4. The predicted molar refractivity (Wildman–Crippen MR) is 335 cm³/mol. The molecular weight excluding hydrogens is 1180 g/mol. The first kappa shape index (κ1) is 61.7. The molecule has 1 amide bonds. The molecule has 404 valence electrons. The van der Waals surface area contributed by atoms with E-state index in [9.17, 15) is 4.79 Å². The molecule has 3 aromatic heterocycles. The smallest absolute Gasteiger partial charge is 0.489 e. The average Bonchev–Trinajstić information content (AvgIpc) is 3.57. The Hall–Kier alpha value is -7.50. The van der Waals surface area contributed by atoms with Gasteiger partial charge in [0, 0.05) is 87.7 Å². The summed E-state index contributed by atoms with van der Waals surface area (Å²) in [5, 5.41) is 25.0. The van der Waals surface area contributed by atoms with Crippen molar-refractivity contribution in [1.82, 2.24) is 29.9 Å². The summed E-state index contributed by atoms with van der Waals surface area (Å²) in [6, 6.07) is 51.3. The van der Waals surface area contributed by atoms with Crippen LogP contribution in [0.1, 0.15) is 14.9 Å². The lowest BCUT2D eigenvalue weighted by Gasteiger charge is -2.13. The highest BCUT2D eigenvalue weighted by atomic mass is 79.9. The van der Waals surface area contributed by atoms with Gasteiger partial charge in [-0.05, 0) is 113 Å². The van der Waals surface area contributed by atoms with E-state index < -0.39 is 7.12 Å². The van der Waals surface area contributed by atoms with Gasteiger partial charge < -0.3 is 24.8 Å². The molecule has 0 aliphatic carbocycles. The van der Waals surface area contributed by atoms with Crippen molar-refractivity contribution in [3.63, 3.8) is 0 Å². The van der Waals surface area contributed by atoms with Gasteiger partial charge in [0.15, 0.2) is 5.82 Å². The number of carbonyl (C=O) groups is 1. The van der Waals surface area contributed by atoms with Crippen LogP contribution in [0.5, 0.6) is 11.5 Å². The Kier molecular flexibility index (Phi) is 22.5. The minimum Gasteiger partial charge on any atom is -0.494 e. The van der Waals surface area contributed by atoms with Crippen LogP contribution in [-0.4, -0.2) is 67.2 Å². The van der Waals surface area contributed by atoms with Crippen molar-refractivity contribution in [3.8, 4) is 56.3 Å². The Bertz CT molecular complexity index is 3960. The number of rotatable bonds is 9. The molecule has 0 spiro atoms. The minimum absolute atomic E-state index is 0. The van der Waals surface area contributed by atoms with Gasteiger partial charge in [-0.3, -0.25) is 4.79 Å². The molecule has 11 aromatic rings. The standard InChI is InChI=1S/C29H20ClN3O.C15H10Cl2N2O.C9H6BrClN2O.C6H6BClO2.2CH4/c1-2-27(34)32-23-12-8-11-20(16-23)25-17-21(24-13-6-7-14-26(24)30)15-22-18-31-29(33-28(22)25)19-9-4-3-5-10-19;1-20-13-7-9(11-4-2-3-5-12(11)16)6-10-8-18-15(17)19-14(10)13;1-14-7-3-6(10)2-5-4-12-9(11)13-8(5)7;8-6-4-2-1-3-5(6)7(9)10;;/h2-18H,1H2,(H,32,34);2-8H,1H3;2-4H,1H3;1-4,9-10H;2*1H4. The molecule has 3 heterocycles. The Morgan fingerprint density at radius 3 is 1.59 bits per heavy atom. The lowest BCUT2D eigenvalue weighted by Crippen LogP contribution is -2.30. The summed E-state index contributed by atoms with van der Waals surface area (Å²) in [6.07, 6.45) is 6.43. The zero-order valence-corrected chi connectivity index (χ0v) is 46.6. The summed E-state index contributed by atoms with van der Waals surface area (Å²) >= 11 is 33.3. The molecule has 0 aliphatic heterocycles. The molecule has 8 aromatic carbocycles. The highest BCUT2D eigenvalue weighted by molar-refractivity contribution is 9.10. The first-order chi connectivity index (χ1) is 37.7.